The van der Waals surface area contributed by atoms with Crippen molar-refractivity contribution in [1.82, 2.24) is 20.0 Å². The molecule has 2 atom stereocenters. The molecule has 1 amide bonds. The Balaban J connectivity index is 1.49. The largest absolute Gasteiger partial charge is 0.373 e. The van der Waals surface area contributed by atoms with Gasteiger partial charge in [-0.25, -0.2) is 0 Å². The molecule has 0 unspecified atom stereocenters. The molecule has 1 aromatic heterocycles. The van der Waals surface area contributed by atoms with E-state index in [1.807, 2.05) is 29.2 Å². The average molecular weight is 300 g/mol. The van der Waals surface area contributed by atoms with Gasteiger partial charge in [0.25, 0.3) is 0 Å². The number of aromatic amines is 1. The van der Waals surface area contributed by atoms with E-state index in [9.17, 15) is 4.79 Å². The van der Waals surface area contributed by atoms with Gasteiger partial charge in [0.05, 0.1) is 36.4 Å². The number of nitrogens with one attached hydrogen (secondary N) is 1. The van der Waals surface area contributed by atoms with E-state index in [0.717, 1.165) is 36.3 Å². The molecule has 2 aliphatic rings. The van der Waals surface area contributed by atoms with Crippen LogP contribution in [0.25, 0.3) is 10.9 Å². The number of morpholine rings is 1. The number of carbonyl (C=O) groups is 1. The highest BCUT2D eigenvalue weighted by Crippen LogP contribution is 2.23. The molecule has 0 spiro atoms. The van der Waals surface area contributed by atoms with Crippen molar-refractivity contribution in [2.75, 3.05) is 33.3 Å². The number of fused-ring (bicyclic) bond motifs is 2. The fraction of sp³-hybridized carbons (Fsp3) is 0.500. The lowest BCUT2D eigenvalue weighted by Crippen LogP contribution is -2.48. The zero-order valence-electron chi connectivity index (χ0n) is 12.7. The summed E-state index contributed by atoms with van der Waals surface area (Å²) in [6, 6.07) is 8.21. The molecule has 0 radical (unpaired) electrons. The van der Waals surface area contributed by atoms with Crippen LogP contribution in [0.4, 0.5) is 0 Å². The van der Waals surface area contributed by atoms with Crippen molar-refractivity contribution in [3.8, 4) is 0 Å². The molecule has 2 aliphatic heterocycles. The number of aromatic nitrogens is 2. The van der Waals surface area contributed by atoms with Gasteiger partial charge >= 0.3 is 0 Å². The first-order valence-electron chi connectivity index (χ1n) is 7.74. The maximum absolute atomic E-state index is 12.6. The number of hydrogen-bond acceptors (Lipinski definition) is 4. The second-order valence-corrected chi connectivity index (χ2v) is 6.15. The molecule has 1 N–H and O–H groups in total. The van der Waals surface area contributed by atoms with E-state index in [-0.39, 0.29) is 12.0 Å². The highest BCUT2D eigenvalue weighted by atomic mass is 16.5. The number of likely N-dealkylation sites (tertiary alicyclic amines) is 1. The number of benzene rings is 1. The van der Waals surface area contributed by atoms with Gasteiger partial charge in [0.15, 0.2) is 0 Å². The van der Waals surface area contributed by atoms with Crippen LogP contribution in [0.2, 0.25) is 0 Å². The lowest BCUT2D eigenvalue weighted by molar-refractivity contribution is -0.129. The van der Waals surface area contributed by atoms with E-state index in [2.05, 4.69) is 22.1 Å². The molecule has 6 nitrogen and oxygen atoms in total. The van der Waals surface area contributed by atoms with Crippen LogP contribution in [0.1, 0.15) is 5.69 Å². The van der Waals surface area contributed by atoms with Gasteiger partial charge in [-0.05, 0) is 13.1 Å². The van der Waals surface area contributed by atoms with Crippen molar-refractivity contribution >= 4 is 16.8 Å². The van der Waals surface area contributed by atoms with Gasteiger partial charge in [-0.3, -0.25) is 14.8 Å². The Morgan fingerprint density at radius 3 is 3.14 bits per heavy atom. The molecule has 6 heteroatoms. The number of rotatable bonds is 2. The number of carbonyl (C=O) groups excluding carboxylic acids is 1. The lowest BCUT2D eigenvalue weighted by atomic mass is 10.1. The maximum atomic E-state index is 12.6. The number of para-hydroxylation sites is 1. The first-order chi connectivity index (χ1) is 10.7. The zero-order chi connectivity index (χ0) is 15.1. The van der Waals surface area contributed by atoms with Crippen molar-refractivity contribution in [2.24, 2.45) is 0 Å². The third kappa shape index (κ3) is 2.28. The third-order valence-corrected chi connectivity index (χ3v) is 4.80. The zero-order valence-corrected chi connectivity index (χ0v) is 12.7. The summed E-state index contributed by atoms with van der Waals surface area (Å²) in [5.41, 5.74) is 1.80. The van der Waals surface area contributed by atoms with Gasteiger partial charge in [-0.1, -0.05) is 18.2 Å². The van der Waals surface area contributed by atoms with Gasteiger partial charge in [-0.15, -0.1) is 0 Å². The van der Waals surface area contributed by atoms with Gasteiger partial charge in [0, 0.05) is 25.0 Å². The van der Waals surface area contributed by atoms with Crippen molar-refractivity contribution in [2.45, 2.75) is 18.6 Å². The smallest absolute Gasteiger partial charge is 0.228 e. The molecule has 2 saturated heterocycles. The second kappa shape index (κ2) is 5.37. The average Bonchev–Trinajstić information content (AvgIpc) is 3.13. The fourth-order valence-corrected chi connectivity index (χ4v) is 3.47. The normalized spacial score (nSPS) is 25.6. The highest BCUT2D eigenvalue weighted by molar-refractivity contribution is 5.87. The molecule has 22 heavy (non-hydrogen) atoms. The number of amides is 1. The van der Waals surface area contributed by atoms with Crippen molar-refractivity contribution in [3.05, 3.63) is 30.0 Å². The Labute approximate surface area is 129 Å². The van der Waals surface area contributed by atoms with E-state index >= 15 is 0 Å². The number of nitrogens with zero attached hydrogens (tertiary/aromatic N) is 3. The minimum Gasteiger partial charge on any atom is -0.373 e. The van der Waals surface area contributed by atoms with Crippen LogP contribution in [0, 0.1) is 0 Å². The SMILES string of the molecule is CN1CCO[C@@H]2CN(C(=O)Cc3[nH]nc4ccccc34)C[C@@H]21. The third-order valence-electron chi connectivity index (χ3n) is 4.80. The summed E-state index contributed by atoms with van der Waals surface area (Å²) < 4.78 is 5.80. The van der Waals surface area contributed by atoms with Gasteiger partial charge in [0.2, 0.25) is 5.91 Å². The summed E-state index contributed by atoms with van der Waals surface area (Å²) in [6.45, 7) is 3.14. The van der Waals surface area contributed by atoms with Crippen LogP contribution < -0.4 is 0 Å². The van der Waals surface area contributed by atoms with E-state index in [1.54, 1.807) is 0 Å². The quantitative estimate of drug-likeness (QED) is 0.884. The molecule has 1 aromatic carbocycles. The molecule has 0 aliphatic carbocycles. The van der Waals surface area contributed by atoms with Gasteiger partial charge in [-0.2, -0.15) is 5.10 Å². The first kappa shape index (κ1) is 13.7. The van der Waals surface area contributed by atoms with E-state index < -0.39 is 0 Å². The Bertz CT molecular complexity index is 698. The van der Waals surface area contributed by atoms with Crippen molar-refractivity contribution < 1.29 is 9.53 Å². The number of hydrogen-bond donors (Lipinski definition) is 1. The molecule has 0 bridgehead atoms. The standard InChI is InChI=1S/C16H20N4O2/c1-19-6-7-22-15-10-20(9-14(15)19)16(21)8-13-11-4-2-3-5-12(11)17-18-13/h2-5,14-15H,6-10H2,1H3,(H,17,18)/t14-,15+/m0/s1. The molecular formula is C16H20N4O2. The van der Waals surface area contributed by atoms with Crippen LogP contribution in [0.5, 0.6) is 0 Å². The fourth-order valence-electron chi connectivity index (χ4n) is 3.47. The molecule has 2 fully saturated rings. The topological polar surface area (TPSA) is 61.5 Å². The number of ether oxygens (including phenoxy) is 1. The molecule has 2 aromatic rings. The Morgan fingerprint density at radius 2 is 2.27 bits per heavy atom. The summed E-state index contributed by atoms with van der Waals surface area (Å²) in [5, 5.41) is 8.28. The van der Waals surface area contributed by atoms with Crippen LogP contribution in [0.15, 0.2) is 24.3 Å². The maximum Gasteiger partial charge on any atom is 0.228 e. The number of H-pyrrole nitrogens is 1. The van der Waals surface area contributed by atoms with Crippen LogP contribution in [-0.2, 0) is 16.0 Å². The summed E-state index contributed by atoms with van der Waals surface area (Å²) in [4.78, 5) is 16.8. The second-order valence-electron chi connectivity index (χ2n) is 6.15. The first-order valence-corrected chi connectivity index (χ1v) is 7.74. The van der Waals surface area contributed by atoms with E-state index in [4.69, 9.17) is 4.74 Å². The summed E-state index contributed by atoms with van der Waals surface area (Å²) in [6.07, 6.45) is 0.519. The van der Waals surface area contributed by atoms with E-state index in [0.29, 0.717) is 19.0 Å². The van der Waals surface area contributed by atoms with Crippen molar-refractivity contribution in [1.29, 1.82) is 0 Å². The number of likely N-dealkylation sites (N-methyl/N-ethyl adjacent to an activating group) is 1. The minimum absolute atomic E-state index is 0.140. The summed E-state index contributed by atoms with van der Waals surface area (Å²) in [5.74, 6) is 0.140. The van der Waals surface area contributed by atoms with Gasteiger partial charge in [0.1, 0.15) is 0 Å². The van der Waals surface area contributed by atoms with Crippen LogP contribution >= 0.6 is 0 Å². The molecule has 0 saturated carbocycles. The van der Waals surface area contributed by atoms with E-state index in [1.165, 1.54) is 0 Å². The predicted octanol–water partition coefficient (Wildman–Crippen LogP) is 0.647. The Kier molecular flexibility index (Phi) is 3.35. The Morgan fingerprint density at radius 1 is 1.41 bits per heavy atom. The van der Waals surface area contributed by atoms with Crippen molar-refractivity contribution in [3.63, 3.8) is 0 Å². The predicted molar refractivity (Wildman–Crippen MR) is 82.5 cm³/mol. The summed E-state index contributed by atoms with van der Waals surface area (Å²) in [7, 11) is 2.11. The summed E-state index contributed by atoms with van der Waals surface area (Å²) >= 11 is 0. The molecule has 3 heterocycles. The molecule has 116 valence electrons. The monoisotopic (exact) mass is 300 g/mol. The highest BCUT2D eigenvalue weighted by Gasteiger charge is 2.40. The molecular weight excluding hydrogens is 280 g/mol. The molecule has 4 rings (SSSR count). The minimum atomic E-state index is 0.140. The lowest BCUT2D eigenvalue weighted by Gasteiger charge is -2.33. The van der Waals surface area contributed by atoms with Crippen LogP contribution in [-0.4, -0.2) is 71.3 Å². The van der Waals surface area contributed by atoms with Crippen LogP contribution in [0.3, 0.4) is 0 Å². The Hall–Kier alpha value is -1.92. The van der Waals surface area contributed by atoms with Gasteiger partial charge < -0.3 is 9.64 Å².